The van der Waals surface area contributed by atoms with Gasteiger partial charge in [-0.2, -0.15) is 0 Å². The summed E-state index contributed by atoms with van der Waals surface area (Å²) in [5, 5.41) is 9.02. The molecule has 0 radical (unpaired) electrons. The third-order valence-corrected chi connectivity index (χ3v) is 3.24. The molecule has 0 fully saturated rings. The molecule has 0 amide bonds. The third kappa shape index (κ3) is 4.22. The second-order valence-corrected chi connectivity index (χ2v) is 4.50. The van der Waals surface area contributed by atoms with Crippen LogP contribution >= 0.6 is 0 Å². The van der Waals surface area contributed by atoms with E-state index in [4.69, 9.17) is 5.11 Å². The SMILES string of the molecule is CCCc1ccccc1CCC(CC)C(=O)O. The molecule has 1 aromatic rings. The van der Waals surface area contributed by atoms with E-state index in [1.54, 1.807) is 0 Å². The molecule has 0 bridgehead atoms. The van der Waals surface area contributed by atoms with Crippen LogP contribution in [0.5, 0.6) is 0 Å². The molecule has 2 heteroatoms. The molecule has 2 nitrogen and oxygen atoms in total. The maximum absolute atomic E-state index is 11.0. The molecule has 1 aromatic carbocycles. The summed E-state index contributed by atoms with van der Waals surface area (Å²) in [5.41, 5.74) is 2.68. The van der Waals surface area contributed by atoms with E-state index in [0.717, 1.165) is 25.7 Å². The molecule has 1 unspecified atom stereocenters. The van der Waals surface area contributed by atoms with Crippen molar-refractivity contribution in [1.82, 2.24) is 0 Å². The van der Waals surface area contributed by atoms with Gasteiger partial charge in [0.2, 0.25) is 0 Å². The van der Waals surface area contributed by atoms with Gasteiger partial charge in [-0.15, -0.1) is 0 Å². The van der Waals surface area contributed by atoms with Crippen molar-refractivity contribution in [3.05, 3.63) is 35.4 Å². The minimum Gasteiger partial charge on any atom is -0.481 e. The van der Waals surface area contributed by atoms with E-state index in [0.29, 0.717) is 6.42 Å². The lowest BCUT2D eigenvalue weighted by Gasteiger charge is -2.12. The van der Waals surface area contributed by atoms with Crippen molar-refractivity contribution in [3.8, 4) is 0 Å². The number of aliphatic carboxylic acids is 1. The molecular formula is C15H22O2. The Bertz CT molecular complexity index is 358. The maximum atomic E-state index is 11.0. The Labute approximate surface area is 104 Å². The van der Waals surface area contributed by atoms with E-state index < -0.39 is 5.97 Å². The van der Waals surface area contributed by atoms with Gasteiger partial charge in [0.25, 0.3) is 0 Å². The Kier molecular flexibility index (Phi) is 5.75. The van der Waals surface area contributed by atoms with E-state index in [9.17, 15) is 4.79 Å². The van der Waals surface area contributed by atoms with Gasteiger partial charge in [-0.05, 0) is 36.8 Å². The van der Waals surface area contributed by atoms with Crippen molar-refractivity contribution in [3.63, 3.8) is 0 Å². The summed E-state index contributed by atoms with van der Waals surface area (Å²) in [4.78, 5) is 11.0. The van der Waals surface area contributed by atoms with Gasteiger partial charge in [0, 0.05) is 0 Å². The molecular weight excluding hydrogens is 212 g/mol. The molecule has 1 N–H and O–H groups in total. The minimum absolute atomic E-state index is 0.204. The van der Waals surface area contributed by atoms with E-state index in [-0.39, 0.29) is 5.92 Å². The fraction of sp³-hybridized carbons (Fsp3) is 0.533. The van der Waals surface area contributed by atoms with Crippen molar-refractivity contribution in [1.29, 1.82) is 0 Å². The first-order valence-corrected chi connectivity index (χ1v) is 6.48. The average Bonchev–Trinajstić information content (AvgIpc) is 2.32. The Morgan fingerprint density at radius 3 is 2.24 bits per heavy atom. The molecule has 0 aliphatic heterocycles. The lowest BCUT2D eigenvalue weighted by Crippen LogP contribution is -2.13. The summed E-state index contributed by atoms with van der Waals surface area (Å²) < 4.78 is 0. The van der Waals surface area contributed by atoms with Crippen molar-refractivity contribution < 1.29 is 9.90 Å². The molecule has 17 heavy (non-hydrogen) atoms. The fourth-order valence-electron chi connectivity index (χ4n) is 2.15. The van der Waals surface area contributed by atoms with Crippen LogP contribution in [-0.2, 0) is 17.6 Å². The molecule has 0 heterocycles. The van der Waals surface area contributed by atoms with Gasteiger partial charge < -0.3 is 5.11 Å². The van der Waals surface area contributed by atoms with Crippen LogP contribution in [0.2, 0.25) is 0 Å². The number of carboxylic acid groups (broad SMARTS) is 1. The van der Waals surface area contributed by atoms with Gasteiger partial charge in [0.1, 0.15) is 0 Å². The topological polar surface area (TPSA) is 37.3 Å². The highest BCUT2D eigenvalue weighted by Crippen LogP contribution is 2.17. The fourth-order valence-corrected chi connectivity index (χ4v) is 2.15. The van der Waals surface area contributed by atoms with Crippen molar-refractivity contribution >= 4 is 5.97 Å². The number of rotatable bonds is 7. The molecule has 0 aliphatic carbocycles. The Morgan fingerprint density at radius 2 is 1.76 bits per heavy atom. The molecule has 0 spiro atoms. The van der Waals surface area contributed by atoms with Crippen LogP contribution in [0.25, 0.3) is 0 Å². The highest BCUT2D eigenvalue weighted by atomic mass is 16.4. The van der Waals surface area contributed by atoms with E-state index in [1.807, 2.05) is 13.0 Å². The van der Waals surface area contributed by atoms with Gasteiger partial charge in [-0.25, -0.2) is 0 Å². The number of aryl methyl sites for hydroxylation is 2. The normalized spacial score (nSPS) is 12.4. The summed E-state index contributed by atoms with van der Waals surface area (Å²) in [6, 6.07) is 8.37. The lowest BCUT2D eigenvalue weighted by molar-refractivity contribution is -0.142. The van der Waals surface area contributed by atoms with Crippen LogP contribution in [0.3, 0.4) is 0 Å². The second kappa shape index (κ2) is 7.10. The van der Waals surface area contributed by atoms with Gasteiger partial charge in [0.05, 0.1) is 5.92 Å². The monoisotopic (exact) mass is 234 g/mol. The highest BCUT2D eigenvalue weighted by Gasteiger charge is 2.15. The number of carbonyl (C=O) groups is 1. The summed E-state index contributed by atoms with van der Waals surface area (Å²) >= 11 is 0. The van der Waals surface area contributed by atoms with Crippen molar-refractivity contribution in [2.45, 2.75) is 46.0 Å². The van der Waals surface area contributed by atoms with Crippen LogP contribution in [-0.4, -0.2) is 11.1 Å². The van der Waals surface area contributed by atoms with Crippen LogP contribution in [0, 0.1) is 5.92 Å². The van der Waals surface area contributed by atoms with Crippen LogP contribution < -0.4 is 0 Å². The van der Waals surface area contributed by atoms with Crippen molar-refractivity contribution in [2.75, 3.05) is 0 Å². The van der Waals surface area contributed by atoms with E-state index in [1.165, 1.54) is 11.1 Å². The summed E-state index contributed by atoms with van der Waals surface area (Å²) in [7, 11) is 0. The Balaban J connectivity index is 2.64. The molecule has 94 valence electrons. The van der Waals surface area contributed by atoms with Gasteiger partial charge in [0.15, 0.2) is 0 Å². The first kappa shape index (κ1) is 13.8. The number of benzene rings is 1. The number of carboxylic acids is 1. The molecule has 0 aromatic heterocycles. The van der Waals surface area contributed by atoms with Gasteiger partial charge in [-0.1, -0.05) is 44.5 Å². The highest BCUT2D eigenvalue weighted by molar-refractivity contribution is 5.69. The maximum Gasteiger partial charge on any atom is 0.306 e. The first-order chi connectivity index (χ1) is 8.19. The Hall–Kier alpha value is -1.31. The van der Waals surface area contributed by atoms with Crippen LogP contribution in [0.4, 0.5) is 0 Å². The summed E-state index contributed by atoms with van der Waals surface area (Å²) in [6.45, 7) is 4.11. The molecule has 1 rings (SSSR count). The lowest BCUT2D eigenvalue weighted by atomic mass is 9.93. The van der Waals surface area contributed by atoms with Gasteiger partial charge >= 0.3 is 5.97 Å². The smallest absolute Gasteiger partial charge is 0.306 e. The Morgan fingerprint density at radius 1 is 1.18 bits per heavy atom. The molecule has 0 saturated carbocycles. The van der Waals surface area contributed by atoms with Crippen LogP contribution in [0.1, 0.15) is 44.2 Å². The zero-order valence-corrected chi connectivity index (χ0v) is 10.8. The molecule has 0 saturated heterocycles. The summed E-state index contributed by atoms with van der Waals surface area (Å²) in [6.07, 6.45) is 4.55. The quantitative estimate of drug-likeness (QED) is 0.781. The number of hydrogen-bond acceptors (Lipinski definition) is 1. The average molecular weight is 234 g/mol. The first-order valence-electron chi connectivity index (χ1n) is 6.48. The van der Waals surface area contributed by atoms with Crippen LogP contribution in [0.15, 0.2) is 24.3 Å². The third-order valence-electron chi connectivity index (χ3n) is 3.24. The molecule has 0 aliphatic rings. The molecule has 1 atom stereocenters. The minimum atomic E-state index is -0.666. The largest absolute Gasteiger partial charge is 0.481 e. The predicted octanol–water partition coefficient (Wildman–Crippen LogP) is 3.68. The zero-order valence-electron chi connectivity index (χ0n) is 10.8. The number of hydrogen-bond donors (Lipinski definition) is 1. The standard InChI is InChI=1S/C15H22O2/c1-3-7-13-8-5-6-9-14(13)11-10-12(4-2)15(16)17/h5-6,8-9,12H,3-4,7,10-11H2,1-2H3,(H,16,17). The van der Waals surface area contributed by atoms with Crippen molar-refractivity contribution in [2.24, 2.45) is 5.92 Å². The van der Waals surface area contributed by atoms with E-state index >= 15 is 0 Å². The van der Waals surface area contributed by atoms with E-state index in [2.05, 4.69) is 25.1 Å². The summed E-state index contributed by atoms with van der Waals surface area (Å²) in [5.74, 6) is -0.870. The predicted molar refractivity (Wildman–Crippen MR) is 70.2 cm³/mol. The second-order valence-electron chi connectivity index (χ2n) is 4.50. The van der Waals surface area contributed by atoms with Gasteiger partial charge in [-0.3, -0.25) is 4.79 Å². The zero-order chi connectivity index (χ0) is 12.7.